The van der Waals surface area contributed by atoms with Crippen LogP contribution in [0.3, 0.4) is 0 Å². The highest BCUT2D eigenvalue weighted by Gasteiger charge is 2.01. The number of hydrogen-bond donors (Lipinski definition) is 0. The van der Waals surface area contributed by atoms with Crippen molar-refractivity contribution in [3.63, 3.8) is 0 Å². The Bertz CT molecular complexity index is 335. The van der Waals surface area contributed by atoms with Gasteiger partial charge in [-0.3, -0.25) is 4.79 Å². The molecule has 2 nitrogen and oxygen atoms in total. The lowest BCUT2D eigenvalue weighted by Crippen LogP contribution is -2.04. The predicted octanol–water partition coefficient (Wildman–Crippen LogP) is 1.54. The molecule has 3 heteroatoms. The van der Waals surface area contributed by atoms with Crippen LogP contribution in [0.5, 0.6) is 0 Å². The molecule has 1 aromatic carbocycles. The molecule has 12 heavy (non-hydrogen) atoms. The first-order valence-corrected chi connectivity index (χ1v) is 3.33. The first kappa shape index (κ1) is 6.17. The molecule has 0 saturated carbocycles. The highest BCUT2D eigenvalue weighted by molar-refractivity contribution is 5.72. The number of carbonyl (C=O) groups is 1. The van der Waals surface area contributed by atoms with Crippen molar-refractivity contribution in [3.05, 3.63) is 35.6 Å². The second-order valence-electron chi connectivity index (χ2n) is 2.12. The SMILES string of the molecule is [2H]C([2H])(C(=O)OC)c1ccc(F)cc1. The maximum atomic E-state index is 12.5. The molecule has 0 N–H and O–H groups in total. The minimum Gasteiger partial charge on any atom is -0.469 e. The van der Waals surface area contributed by atoms with Gasteiger partial charge in [0.1, 0.15) is 5.82 Å². The quantitative estimate of drug-likeness (QED) is 0.629. The van der Waals surface area contributed by atoms with Gasteiger partial charge < -0.3 is 4.74 Å². The van der Waals surface area contributed by atoms with Crippen LogP contribution in [0.25, 0.3) is 0 Å². The fourth-order valence-corrected chi connectivity index (χ4v) is 0.702. The van der Waals surface area contributed by atoms with Gasteiger partial charge in [0.15, 0.2) is 0 Å². The lowest BCUT2D eigenvalue weighted by atomic mass is 10.1. The van der Waals surface area contributed by atoms with Crippen LogP contribution >= 0.6 is 0 Å². The Balaban J connectivity index is 3.03. The third kappa shape index (κ3) is 2.34. The Labute approximate surface area is 72.8 Å². The molecule has 0 atom stereocenters. The Kier molecular flexibility index (Phi) is 1.98. The summed E-state index contributed by atoms with van der Waals surface area (Å²) in [6, 6.07) is 4.62. The predicted molar refractivity (Wildman–Crippen MR) is 42.1 cm³/mol. The van der Waals surface area contributed by atoms with E-state index in [0.717, 1.165) is 19.2 Å². The van der Waals surface area contributed by atoms with Crippen molar-refractivity contribution in [1.29, 1.82) is 0 Å². The minimum absolute atomic E-state index is 0.0748. The van der Waals surface area contributed by atoms with Gasteiger partial charge in [0, 0.05) is 2.74 Å². The molecule has 0 bridgehead atoms. The van der Waals surface area contributed by atoms with Crippen LogP contribution < -0.4 is 0 Å². The number of ether oxygens (including phenoxy) is 1. The lowest BCUT2D eigenvalue weighted by molar-refractivity contribution is -0.139. The third-order valence-corrected chi connectivity index (χ3v) is 1.28. The largest absolute Gasteiger partial charge is 0.469 e. The molecule has 1 aromatic rings. The molecular weight excluding hydrogens is 159 g/mol. The average molecular weight is 170 g/mol. The molecule has 64 valence electrons. The molecule has 0 aromatic heterocycles. The molecule has 0 fully saturated rings. The summed E-state index contributed by atoms with van der Waals surface area (Å²) in [6.07, 6.45) is -2.23. The zero-order valence-corrected chi connectivity index (χ0v) is 6.50. The van der Waals surface area contributed by atoms with Crippen molar-refractivity contribution in [3.8, 4) is 0 Å². The monoisotopic (exact) mass is 170 g/mol. The molecular formula is C9H9FO2. The highest BCUT2D eigenvalue weighted by Crippen LogP contribution is 2.03. The summed E-state index contributed by atoms with van der Waals surface area (Å²) in [5.41, 5.74) is 0.0748. The van der Waals surface area contributed by atoms with E-state index in [9.17, 15) is 9.18 Å². The van der Waals surface area contributed by atoms with E-state index >= 15 is 0 Å². The van der Waals surface area contributed by atoms with Gasteiger partial charge in [-0.15, -0.1) is 0 Å². The topological polar surface area (TPSA) is 26.3 Å². The fraction of sp³-hybridized carbons (Fsp3) is 0.222. The van der Waals surface area contributed by atoms with E-state index in [2.05, 4.69) is 4.74 Å². The summed E-state index contributed by atoms with van der Waals surface area (Å²) in [5, 5.41) is 0. The van der Waals surface area contributed by atoms with Crippen LogP contribution in [0, 0.1) is 5.82 Å². The number of esters is 1. The summed E-state index contributed by atoms with van der Waals surface area (Å²) in [5.74, 6) is -1.47. The molecule has 1 rings (SSSR count). The van der Waals surface area contributed by atoms with E-state index in [1.165, 1.54) is 12.1 Å². The number of methoxy groups -OCH3 is 1. The normalized spacial score (nSPS) is 13.2. The highest BCUT2D eigenvalue weighted by atomic mass is 19.1. The standard InChI is InChI=1S/C9H9FO2/c1-12-9(11)6-7-2-4-8(10)5-3-7/h2-5H,6H2,1H3/i6D2. The fourth-order valence-electron chi connectivity index (χ4n) is 0.702. The first-order chi connectivity index (χ1) is 6.48. The molecule has 0 aliphatic rings. The molecule has 0 amide bonds. The van der Waals surface area contributed by atoms with Gasteiger partial charge in [-0.1, -0.05) is 12.1 Å². The van der Waals surface area contributed by atoms with Gasteiger partial charge >= 0.3 is 5.97 Å². The second kappa shape index (κ2) is 3.85. The molecule has 0 spiro atoms. The Morgan fingerprint density at radius 1 is 1.58 bits per heavy atom. The summed E-state index contributed by atoms with van der Waals surface area (Å²) in [6.45, 7) is 0. The summed E-state index contributed by atoms with van der Waals surface area (Å²) in [4.78, 5) is 11.0. The van der Waals surface area contributed by atoms with E-state index in [1.54, 1.807) is 0 Å². The molecule has 0 unspecified atom stereocenters. The molecule has 0 saturated heterocycles. The third-order valence-electron chi connectivity index (χ3n) is 1.28. The molecule has 0 heterocycles. The summed E-state index contributed by atoms with van der Waals surface area (Å²) < 4.78 is 31.6. The van der Waals surface area contributed by atoms with E-state index < -0.39 is 18.2 Å². The maximum Gasteiger partial charge on any atom is 0.309 e. The van der Waals surface area contributed by atoms with Crippen LogP contribution in [0.1, 0.15) is 8.30 Å². The van der Waals surface area contributed by atoms with Crippen LogP contribution in [-0.4, -0.2) is 13.1 Å². The molecule has 0 aliphatic carbocycles. The van der Waals surface area contributed by atoms with Gasteiger partial charge in [0.25, 0.3) is 0 Å². The maximum absolute atomic E-state index is 12.5. The smallest absolute Gasteiger partial charge is 0.309 e. The Morgan fingerprint density at radius 2 is 2.17 bits per heavy atom. The summed E-state index contributed by atoms with van der Waals surface area (Å²) in [7, 11) is 1.10. The molecule has 0 radical (unpaired) electrons. The Hall–Kier alpha value is -1.38. The lowest BCUT2D eigenvalue weighted by Gasteiger charge is -1.98. The van der Waals surface area contributed by atoms with Crippen molar-refractivity contribution >= 4 is 5.97 Å². The number of rotatable bonds is 2. The van der Waals surface area contributed by atoms with E-state index in [-0.39, 0.29) is 5.56 Å². The van der Waals surface area contributed by atoms with E-state index in [4.69, 9.17) is 2.74 Å². The van der Waals surface area contributed by atoms with E-state index in [1.807, 2.05) is 0 Å². The van der Waals surface area contributed by atoms with Gasteiger partial charge in [-0.25, -0.2) is 4.39 Å². The van der Waals surface area contributed by atoms with Crippen molar-refractivity contribution in [2.24, 2.45) is 0 Å². The second-order valence-corrected chi connectivity index (χ2v) is 2.12. The Morgan fingerprint density at radius 3 is 2.67 bits per heavy atom. The van der Waals surface area contributed by atoms with Gasteiger partial charge in [0.2, 0.25) is 0 Å². The number of carbonyl (C=O) groups excluding carboxylic acids is 1. The van der Waals surface area contributed by atoms with Gasteiger partial charge in [-0.2, -0.15) is 0 Å². The van der Waals surface area contributed by atoms with Gasteiger partial charge in [-0.05, 0) is 17.7 Å². The van der Waals surface area contributed by atoms with Crippen LogP contribution in [0.15, 0.2) is 24.3 Å². The van der Waals surface area contributed by atoms with Crippen molar-refractivity contribution < 1.29 is 16.7 Å². The average Bonchev–Trinajstić information content (AvgIpc) is 2.17. The first-order valence-electron chi connectivity index (χ1n) is 4.33. The van der Waals surface area contributed by atoms with Gasteiger partial charge in [0.05, 0.1) is 13.5 Å². The van der Waals surface area contributed by atoms with Crippen LogP contribution in [-0.2, 0) is 15.9 Å². The van der Waals surface area contributed by atoms with Crippen LogP contribution in [0.2, 0.25) is 0 Å². The van der Waals surface area contributed by atoms with Crippen LogP contribution in [0.4, 0.5) is 4.39 Å². The summed E-state index contributed by atoms with van der Waals surface area (Å²) >= 11 is 0. The van der Waals surface area contributed by atoms with Crippen molar-refractivity contribution in [2.75, 3.05) is 7.11 Å². The number of hydrogen-bond acceptors (Lipinski definition) is 2. The number of benzene rings is 1. The number of halogens is 1. The van der Waals surface area contributed by atoms with E-state index in [0.29, 0.717) is 0 Å². The zero-order chi connectivity index (χ0) is 10.8. The molecule has 0 aliphatic heterocycles. The minimum atomic E-state index is -2.23. The zero-order valence-electron chi connectivity index (χ0n) is 8.50. The van der Waals surface area contributed by atoms with Crippen molar-refractivity contribution in [2.45, 2.75) is 6.37 Å². The van der Waals surface area contributed by atoms with Crippen molar-refractivity contribution in [1.82, 2.24) is 0 Å².